The molecule has 0 N–H and O–H groups in total. The van der Waals surface area contributed by atoms with Gasteiger partial charge in [-0.05, 0) is 5.41 Å². The lowest BCUT2D eigenvalue weighted by Gasteiger charge is -2.25. The van der Waals surface area contributed by atoms with Crippen molar-refractivity contribution in [2.24, 2.45) is 11.3 Å². The summed E-state index contributed by atoms with van der Waals surface area (Å²) in [4.78, 5) is 0. The molecule has 0 aliphatic rings. The smallest absolute Gasteiger partial charge is 0.150 e. The van der Waals surface area contributed by atoms with Crippen LogP contribution in [0.4, 0.5) is 0 Å². The van der Waals surface area contributed by atoms with Crippen LogP contribution in [0.25, 0.3) is 0 Å². The van der Waals surface area contributed by atoms with Crippen molar-refractivity contribution in [3.8, 4) is 12.1 Å². The van der Waals surface area contributed by atoms with Crippen molar-refractivity contribution in [1.29, 1.82) is 10.5 Å². The fourth-order valence-corrected chi connectivity index (χ4v) is 0.772. The molecule has 0 aromatic heterocycles. The molecule has 0 heterocycles. The topological polar surface area (TPSA) is 47.6 Å². The summed E-state index contributed by atoms with van der Waals surface area (Å²) in [5, 5.41) is 16.6. The van der Waals surface area contributed by atoms with Crippen LogP contribution < -0.4 is 0 Å². The van der Waals surface area contributed by atoms with E-state index in [0.29, 0.717) is 0 Å². The average Bonchev–Trinajstić information content (AvgIpc) is 1.88. The Morgan fingerprint density at radius 2 is 1.55 bits per heavy atom. The molecule has 0 amide bonds. The number of rotatable bonds is 1. The number of alkyl halides is 1. The zero-order chi connectivity index (χ0) is 9.07. The fraction of sp³-hybridized carbons (Fsp3) is 0.750. The van der Waals surface area contributed by atoms with Gasteiger partial charge < -0.3 is 0 Å². The van der Waals surface area contributed by atoms with E-state index in [1.54, 1.807) is 0 Å². The van der Waals surface area contributed by atoms with Gasteiger partial charge in [-0.1, -0.05) is 20.8 Å². The van der Waals surface area contributed by atoms with E-state index in [4.69, 9.17) is 22.1 Å². The first-order chi connectivity index (χ1) is 4.93. The summed E-state index contributed by atoms with van der Waals surface area (Å²) in [5.41, 5.74) is -0.197. The van der Waals surface area contributed by atoms with Gasteiger partial charge in [0, 0.05) is 0 Å². The Balaban J connectivity index is 4.40. The van der Waals surface area contributed by atoms with Crippen molar-refractivity contribution in [3.63, 3.8) is 0 Å². The maximum atomic E-state index is 8.50. The highest BCUT2D eigenvalue weighted by molar-refractivity contribution is 6.21. The van der Waals surface area contributed by atoms with Crippen LogP contribution in [-0.2, 0) is 0 Å². The number of nitriles is 2. The number of hydrogen-bond acceptors (Lipinski definition) is 2. The fourth-order valence-electron chi connectivity index (χ4n) is 0.660. The largest absolute Gasteiger partial charge is 0.197 e. The maximum absolute atomic E-state index is 8.50. The van der Waals surface area contributed by atoms with E-state index < -0.39 is 11.3 Å². The van der Waals surface area contributed by atoms with Crippen LogP contribution in [0.5, 0.6) is 0 Å². The minimum absolute atomic E-state index is 0.197. The molecule has 0 radical (unpaired) electrons. The van der Waals surface area contributed by atoms with Gasteiger partial charge in [0.15, 0.2) is 0 Å². The molecule has 0 aromatic carbocycles. The van der Waals surface area contributed by atoms with Crippen molar-refractivity contribution in [1.82, 2.24) is 0 Å². The van der Waals surface area contributed by atoms with Gasteiger partial charge in [-0.15, -0.1) is 11.6 Å². The van der Waals surface area contributed by atoms with Crippen LogP contribution in [0, 0.1) is 34.0 Å². The summed E-state index contributed by atoms with van der Waals surface area (Å²) in [6.07, 6.45) is 0. The molecular weight excluding hydrogens is 160 g/mol. The molecule has 1 atom stereocenters. The molecule has 2 nitrogen and oxygen atoms in total. The predicted molar refractivity (Wildman–Crippen MR) is 43.8 cm³/mol. The van der Waals surface area contributed by atoms with Gasteiger partial charge in [-0.3, -0.25) is 0 Å². The normalized spacial score (nSPS) is 13.7. The maximum Gasteiger partial charge on any atom is 0.150 e. The summed E-state index contributed by atoms with van der Waals surface area (Å²) in [6, 6.07) is 3.73. The molecule has 0 saturated heterocycles. The zero-order valence-corrected chi connectivity index (χ0v) is 7.68. The summed E-state index contributed by atoms with van der Waals surface area (Å²) < 4.78 is 0. The third-order valence-electron chi connectivity index (χ3n) is 1.40. The highest BCUT2D eigenvalue weighted by atomic mass is 35.5. The molecule has 60 valence electrons. The van der Waals surface area contributed by atoms with Crippen LogP contribution in [0.15, 0.2) is 0 Å². The van der Waals surface area contributed by atoms with Gasteiger partial charge in [0.2, 0.25) is 0 Å². The van der Waals surface area contributed by atoms with Crippen LogP contribution >= 0.6 is 11.6 Å². The first-order valence-corrected chi connectivity index (χ1v) is 3.80. The molecule has 0 bridgehead atoms. The van der Waals surface area contributed by atoms with Gasteiger partial charge in [0.1, 0.15) is 5.92 Å². The quantitative estimate of drug-likeness (QED) is 0.567. The SMILES string of the molecule is CC(C)(C)C(Cl)C(C#N)C#N. The van der Waals surface area contributed by atoms with E-state index in [1.165, 1.54) is 0 Å². The monoisotopic (exact) mass is 170 g/mol. The molecular formula is C8H11ClN2. The molecule has 0 saturated carbocycles. The van der Waals surface area contributed by atoms with Gasteiger partial charge in [-0.2, -0.15) is 10.5 Å². The second-order valence-electron chi connectivity index (χ2n) is 3.50. The number of halogens is 1. The molecule has 0 aliphatic heterocycles. The molecule has 0 spiro atoms. The first kappa shape index (κ1) is 10.3. The predicted octanol–water partition coefficient (Wildman–Crippen LogP) is 2.30. The minimum Gasteiger partial charge on any atom is -0.197 e. The highest BCUT2D eigenvalue weighted by Gasteiger charge is 2.30. The third kappa shape index (κ3) is 2.78. The highest BCUT2D eigenvalue weighted by Crippen LogP contribution is 2.29. The van der Waals surface area contributed by atoms with E-state index in [-0.39, 0.29) is 5.41 Å². The Morgan fingerprint density at radius 3 is 1.64 bits per heavy atom. The molecule has 0 rings (SSSR count). The van der Waals surface area contributed by atoms with Gasteiger partial charge in [0.05, 0.1) is 17.5 Å². The summed E-state index contributed by atoms with van der Waals surface area (Å²) in [5.74, 6) is -0.711. The lowest BCUT2D eigenvalue weighted by molar-refractivity contribution is 0.365. The van der Waals surface area contributed by atoms with Gasteiger partial charge in [-0.25, -0.2) is 0 Å². The van der Waals surface area contributed by atoms with Crippen LogP contribution in [0.1, 0.15) is 20.8 Å². The molecule has 0 aromatic rings. The van der Waals surface area contributed by atoms with E-state index in [2.05, 4.69) is 0 Å². The van der Waals surface area contributed by atoms with E-state index in [1.807, 2.05) is 32.9 Å². The molecule has 0 fully saturated rings. The Hall–Kier alpha value is -0.730. The first-order valence-electron chi connectivity index (χ1n) is 3.36. The third-order valence-corrected chi connectivity index (χ3v) is 2.30. The number of nitrogens with zero attached hydrogens (tertiary/aromatic N) is 2. The van der Waals surface area contributed by atoms with Crippen molar-refractivity contribution in [3.05, 3.63) is 0 Å². The van der Waals surface area contributed by atoms with Crippen LogP contribution in [-0.4, -0.2) is 5.38 Å². The summed E-state index contributed by atoms with van der Waals surface area (Å²) in [6.45, 7) is 5.73. The summed E-state index contributed by atoms with van der Waals surface area (Å²) >= 11 is 5.88. The van der Waals surface area contributed by atoms with Crippen molar-refractivity contribution >= 4 is 11.6 Å². The van der Waals surface area contributed by atoms with E-state index in [0.717, 1.165) is 0 Å². The average molecular weight is 171 g/mol. The second-order valence-corrected chi connectivity index (χ2v) is 3.97. The Kier molecular flexibility index (Phi) is 3.36. The van der Waals surface area contributed by atoms with Crippen LogP contribution in [0.2, 0.25) is 0 Å². The zero-order valence-electron chi connectivity index (χ0n) is 6.93. The molecule has 1 unspecified atom stereocenters. The van der Waals surface area contributed by atoms with Gasteiger partial charge >= 0.3 is 0 Å². The van der Waals surface area contributed by atoms with Crippen molar-refractivity contribution in [2.45, 2.75) is 26.1 Å². The van der Waals surface area contributed by atoms with E-state index in [9.17, 15) is 0 Å². The Bertz CT molecular complexity index is 190. The summed E-state index contributed by atoms with van der Waals surface area (Å²) in [7, 11) is 0. The lowest BCUT2D eigenvalue weighted by atomic mass is 9.85. The minimum atomic E-state index is -0.711. The Morgan fingerprint density at radius 1 is 1.18 bits per heavy atom. The van der Waals surface area contributed by atoms with Crippen molar-refractivity contribution in [2.75, 3.05) is 0 Å². The standard InChI is InChI=1S/C8H11ClN2/c1-8(2,3)7(9)6(4-10)5-11/h6-7H,1-3H3. The Labute approximate surface area is 72.4 Å². The van der Waals surface area contributed by atoms with Crippen LogP contribution in [0.3, 0.4) is 0 Å². The molecule has 0 aliphatic carbocycles. The van der Waals surface area contributed by atoms with Crippen molar-refractivity contribution < 1.29 is 0 Å². The molecule has 11 heavy (non-hydrogen) atoms. The molecule has 3 heteroatoms. The number of hydrogen-bond donors (Lipinski definition) is 0. The second kappa shape index (κ2) is 3.60. The van der Waals surface area contributed by atoms with Gasteiger partial charge in [0.25, 0.3) is 0 Å². The van der Waals surface area contributed by atoms with E-state index >= 15 is 0 Å². The lowest BCUT2D eigenvalue weighted by Crippen LogP contribution is -2.27.